The number of rotatable bonds is 5. The Labute approximate surface area is 113 Å². The largest absolute Gasteiger partial charge is 0.368 e. The van der Waals surface area contributed by atoms with E-state index in [2.05, 4.69) is 20.9 Å². The lowest BCUT2D eigenvalue weighted by atomic mass is 9.96. The summed E-state index contributed by atoms with van der Waals surface area (Å²) < 4.78 is 0.910. The quantitative estimate of drug-likeness (QED) is 0.807. The van der Waals surface area contributed by atoms with Crippen molar-refractivity contribution >= 4 is 33.6 Å². The van der Waals surface area contributed by atoms with Gasteiger partial charge in [0.15, 0.2) is 0 Å². The molecule has 1 aliphatic carbocycles. The highest BCUT2D eigenvalue weighted by Gasteiger charge is 2.46. The zero-order valence-corrected chi connectivity index (χ0v) is 11.6. The summed E-state index contributed by atoms with van der Waals surface area (Å²) >= 11 is 4.88. The number of nitrogens with two attached hydrogens (primary N) is 2. The Morgan fingerprint density at radius 2 is 2.35 bits per heavy atom. The molecule has 1 saturated carbocycles. The van der Waals surface area contributed by atoms with E-state index in [0.717, 1.165) is 22.3 Å². The van der Waals surface area contributed by atoms with Crippen LogP contribution in [0.2, 0.25) is 0 Å². The van der Waals surface area contributed by atoms with Crippen LogP contribution in [0.15, 0.2) is 27.8 Å². The van der Waals surface area contributed by atoms with Gasteiger partial charge >= 0.3 is 0 Å². The number of amides is 1. The second-order valence-corrected chi connectivity index (χ2v) is 6.08. The normalized spacial score (nSPS) is 18.7. The number of carbonyl (C=O) groups excluding carboxylic acids is 1. The first kappa shape index (κ1) is 12.9. The van der Waals surface area contributed by atoms with Crippen LogP contribution in [-0.4, -0.2) is 22.2 Å². The molecule has 1 fully saturated rings. The fraction of sp³-hybridized carbons (Fsp3) is 0.455. The molecule has 1 aliphatic rings. The maximum atomic E-state index is 11.5. The predicted molar refractivity (Wildman–Crippen MR) is 71.5 cm³/mol. The van der Waals surface area contributed by atoms with Crippen molar-refractivity contribution in [1.29, 1.82) is 0 Å². The van der Waals surface area contributed by atoms with Gasteiger partial charge in [0.25, 0.3) is 0 Å². The van der Waals surface area contributed by atoms with E-state index in [1.165, 1.54) is 11.8 Å². The summed E-state index contributed by atoms with van der Waals surface area (Å²) in [4.78, 5) is 15.7. The van der Waals surface area contributed by atoms with Gasteiger partial charge in [-0.25, -0.2) is 4.98 Å². The molecule has 0 bridgehead atoms. The molecule has 6 heteroatoms. The zero-order chi connectivity index (χ0) is 12.5. The molecule has 0 saturated heterocycles. The van der Waals surface area contributed by atoms with Crippen LogP contribution in [0.4, 0.5) is 0 Å². The molecule has 4 nitrogen and oxygen atoms in total. The van der Waals surface area contributed by atoms with Gasteiger partial charge in [0.1, 0.15) is 10.6 Å². The van der Waals surface area contributed by atoms with Gasteiger partial charge in [0.2, 0.25) is 5.91 Å². The van der Waals surface area contributed by atoms with E-state index < -0.39 is 11.4 Å². The average Bonchev–Trinajstić information content (AvgIpc) is 3.11. The van der Waals surface area contributed by atoms with Crippen molar-refractivity contribution in [3.8, 4) is 0 Å². The molecule has 0 radical (unpaired) electrons. The number of halogens is 1. The third kappa shape index (κ3) is 2.81. The molecule has 1 atom stereocenters. The molecular formula is C11H14BrN3OS. The molecule has 1 aromatic rings. The van der Waals surface area contributed by atoms with Gasteiger partial charge in [-0.15, -0.1) is 11.8 Å². The van der Waals surface area contributed by atoms with Gasteiger partial charge in [0, 0.05) is 16.4 Å². The molecule has 92 valence electrons. The number of carbonyl (C=O) groups is 1. The molecule has 17 heavy (non-hydrogen) atoms. The van der Waals surface area contributed by atoms with Gasteiger partial charge in [0.05, 0.1) is 0 Å². The summed E-state index contributed by atoms with van der Waals surface area (Å²) in [6.07, 6.45) is 3.69. The van der Waals surface area contributed by atoms with E-state index in [-0.39, 0.29) is 5.92 Å². The van der Waals surface area contributed by atoms with E-state index in [1.54, 1.807) is 6.20 Å². The van der Waals surface area contributed by atoms with Crippen LogP contribution in [0.25, 0.3) is 0 Å². The third-order valence-electron chi connectivity index (χ3n) is 2.94. The second kappa shape index (κ2) is 4.96. The number of aromatic nitrogens is 1. The summed E-state index contributed by atoms with van der Waals surface area (Å²) in [5.41, 5.74) is 10.6. The summed E-state index contributed by atoms with van der Waals surface area (Å²) in [6, 6.07) is 3.76. The Kier molecular flexibility index (Phi) is 3.75. The summed E-state index contributed by atoms with van der Waals surface area (Å²) in [6.45, 7) is 0. The monoisotopic (exact) mass is 315 g/mol. The van der Waals surface area contributed by atoms with E-state index in [9.17, 15) is 4.79 Å². The lowest BCUT2D eigenvalue weighted by molar-refractivity contribution is -0.123. The first-order valence-corrected chi connectivity index (χ1v) is 7.14. The topological polar surface area (TPSA) is 82.0 Å². The third-order valence-corrected chi connectivity index (χ3v) is 5.06. The number of hydrogen-bond donors (Lipinski definition) is 2. The molecule has 1 amide bonds. The summed E-state index contributed by atoms with van der Waals surface area (Å²) in [7, 11) is 0. The SMILES string of the molecule is NC(=O)C(N)(CSc1ncccc1Br)C1CC1. The highest BCUT2D eigenvalue weighted by Crippen LogP contribution is 2.41. The number of primary amides is 1. The fourth-order valence-electron chi connectivity index (χ4n) is 1.65. The van der Waals surface area contributed by atoms with Crippen molar-refractivity contribution in [3.05, 3.63) is 22.8 Å². The van der Waals surface area contributed by atoms with Crippen molar-refractivity contribution in [2.45, 2.75) is 23.4 Å². The number of nitrogens with zero attached hydrogens (tertiary/aromatic N) is 1. The molecule has 1 unspecified atom stereocenters. The molecule has 4 N–H and O–H groups in total. The van der Waals surface area contributed by atoms with Crippen LogP contribution in [0.3, 0.4) is 0 Å². The van der Waals surface area contributed by atoms with Gasteiger partial charge in [-0.05, 0) is 46.8 Å². The fourth-order valence-corrected chi connectivity index (χ4v) is 3.35. The first-order valence-electron chi connectivity index (χ1n) is 5.36. The van der Waals surface area contributed by atoms with Gasteiger partial charge < -0.3 is 11.5 Å². The lowest BCUT2D eigenvalue weighted by Crippen LogP contribution is -2.56. The number of pyridine rings is 1. The van der Waals surface area contributed by atoms with Crippen molar-refractivity contribution < 1.29 is 4.79 Å². The molecule has 1 aromatic heterocycles. The van der Waals surface area contributed by atoms with Gasteiger partial charge in [-0.2, -0.15) is 0 Å². The van der Waals surface area contributed by atoms with Gasteiger partial charge in [-0.3, -0.25) is 4.79 Å². The zero-order valence-electron chi connectivity index (χ0n) is 9.23. The second-order valence-electron chi connectivity index (χ2n) is 4.26. The van der Waals surface area contributed by atoms with Crippen LogP contribution in [0.1, 0.15) is 12.8 Å². The summed E-state index contributed by atoms with van der Waals surface area (Å²) in [5, 5.41) is 0.837. The van der Waals surface area contributed by atoms with E-state index >= 15 is 0 Å². The predicted octanol–water partition coefficient (Wildman–Crippen LogP) is 1.53. The molecule has 0 aromatic carbocycles. The van der Waals surface area contributed by atoms with Crippen molar-refractivity contribution in [2.24, 2.45) is 17.4 Å². The lowest BCUT2D eigenvalue weighted by Gasteiger charge is -2.25. The van der Waals surface area contributed by atoms with E-state index in [0.29, 0.717) is 5.75 Å². The van der Waals surface area contributed by atoms with E-state index in [4.69, 9.17) is 11.5 Å². The summed E-state index contributed by atoms with van der Waals surface area (Å²) in [5.74, 6) is 0.289. The maximum absolute atomic E-state index is 11.5. The van der Waals surface area contributed by atoms with Crippen LogP contribution >= 0.6 is 27.7 Å². The molecule has 1 heterocycles. The minimum Gasteiger partial charge on any atom is -0.368 e. The van der Waals surface area contributed by atoms with E-state index in [1.807, 2.05) is 12.1 Å². The Morgan fingerprint density at radius 1 is 1.65 bits per heavy atom. The van der Waals surface area contributed by atoms with Crippen molar-refractivity contribution in [1.82, 2.24) is 4.98 Å². The first-order chi connectivity index (χ1) is 8.04. The Morgan fingerprint density at radius 3 is 2.88 bits per heavy atom. The molecule has 0 aliphatic heterocycles. The molecular weight excluding hydrogens is 302 g/mol. The Hall–Kier alpha value is -0.590. The molecule has 2 rings (SSSR count). The minimum absolute atomic E-state index is 0.231. The Bertz CT molecular complexity index is 438. The van der Waals surface area contributed by atoms with Crippen molar-refractivity contribution in [2.75, 3.05) is 5.75 Å². The highest BCUT2D eigenvalue weighted by molar-refractivity contribution is 9.10. The standard InChI is InChI=1S/C11H14BrN3OS/c12-8-2-1-5-15-9(8)17-6-11(14,10(13)16)7-3-4-7/h1-2,5,7H,3-4,6,14H2,(H2,13,16). The van der Waals surface area contributed by atoms with Crippen LogP contribution in [-0.2, 0) is 4.79 Å². The highest BCUT2D eigenvalue weighted by atomic mass is 79.9. The van der Waals surface area contributed by atoms with Crippen LogP contribution < -0.4 is 11.5 Å². The smallest absolute Gasteiger partial charge is 0.238 e. The van der Waals surface area contributed by atoms with Crippen LogP contribution in [0, 0.1) is 5.92 Å². The average molecular weight is 316 g/mol. The van der Waals surface area contributed by atoms with Gasteiger partial charge in [-0.1, -0.05) is 0 Å². The maximum Gasteiger partial charge on any atom is 0.238 e. The van der Waals surface area contributed by atoms with Crippen LogP contribution in [0.5, 0.6) is 0 Å². The number of hydrogen-bond acceptors (Lipinski definition) is 4. The molecule has 0 spiro atoms. The Balaban J connectivity index is 2.06. The minimum atomic E-state index is -0.901. The number of thioether (sulfide) groups is 1. The van der Waals surface area contributed by atoms with Crippen molar-refractivity contribution in [3.63, 3.8) is 0 Å².